The van der Waals surface area contributed by atoms with Crippen LogP contribution in [0.25, 0.3) is 6.08 Å². The first-order valence-corrected chi connectivity index (χ1v) is 13.9. The second kappa shape index (κ2) is 11.3. The molecule has 0 aliphatic carbocycles. The maximum Gasteiger partial charge on any atom is 0.270 e. The third-order valence-corrected chi connectivity index (χ3v) is 8.60. The topological polar surface area (TPSA) is 78.6 Å². The Labute approximate surface area is 217 Å². The van der Waals surface area contributed by atoms with Crippen LogP contribution >= 0.6 is 24.0 Å². The Morgan fingerprint density at radius 3 is 2.63 bits per heavy atom. The van der Waals surface area contributed by atoms with Crippen LogP contribution in [0.5, 0.6) is 0 Å². The predicted octanol–water partition coefficient (Wildman–Crippen LogP) is 4.45. The quantitative estimate of drug-likeness (QED) is 0.393. The fraction of sp³-hybridized carbons (Fsp3) is 0.615. The summed E-state index contributed by atoms with van der Waals surface area (Å²) < 4.78 is 8.02. The molecule has 0 saturated carbocycles. The molecule has 1 unspecified atom stereocenters. The van der Waals surface area contributed by atoms with E-state index in [2.05, 4.69) is 24.8 Å². The zero-order valence-electron chi connectivity index (χ0n) is 20.8. The molecular weight excluding hydrogens is 480 g/mol. The molecule has 1 aromatic rings. The van der Waals surface area contributed by atoms with Gasteiger partial charge in [0.05, 0.1) is 17.6 Å². The van der Waals surface area contributed by atoms with Gasteiger partial charge in [0.2, 0.25) is 0 Å². The molecule has 4 rings (SSSR count). The van der Waals surface area contributed by atoms with Crippen LogP contribution < -0.4 is 10.5 Å². The number of hydrogen-bond acceptors (Lipinski definition) is 7. The second-order valence-corrected chi connectivity index (χ2v) is 11.4. The first kappa shape index (κ1) is 25.9. The van der Waals surface area contributed by atoms with Gasteiger partial charge in [-0.2, -0.15) is 5.26 Å². The highest BCUT2D eigenvalue weighted by Gasteiger charge is 2.35. The Kier molecular flexibility index (Phi) is 8.35. The molecule has 0 aromatic carbocycles. The molecule has 0 radical (unpaired) electrons. The lowest BCUT2D eigenvalue weighted by atomic mass is 9.97. The maximum absolute atomic E-state index is 13.4. The number of carbonyl (C=O) groups is 1. The van der Waals surface area contributed by atoms with Crippen molar-refractivity contribution in [2.45, 2.75) is 71.9 Å². The van der Waals surface area contributed by atoms with Crippen molar-refractivity contribution in [3.05, 3.63) is 31.9 Å². The van der Waals surface area contributed by atoms with Crippen molar-refractivity contribution in [2.24, 2.45) is 5.92 Å². The van der Waals surface area contributed by atoms with Gasteiger partial charge in [0, 0.05) is 31.8 Å². The Balaban J connectivity index is 1.80. The molecule has 1 atom stereocenters. The molecule has 9 heteroatoms. The number of pyridine rings is 1. The fourth-order valence-corrected chi connectivity index (χ4v) is 6.27. The van der Waals surface area contributed by atoms with E-state index < -0.39 is 0 Å². The van der Waals surface area contributed by atoms with Crippen LogP contribution in [0.15, 0.2) is 9.70 Å². The molecule has 0 N–H and O–H groups in total. The summed E-state index contributed by atoms with van der Waals surface area (Å²) in [4.78, 5) is 31.2. The number of carbonyl (C=O) groups excluding carboxylic acids is 1. The average molecular weight is 515 g/mol. The fourth-order valence-electron chi connectivity index (χ4n) is 5.01. The number of hydrogen-bond donors (Lipinski definition) is 0. The van der Waals surface area contributed by atoms with Gasteiger partial charge in [-0.1, -0.05) is 44.2 Å². The Morgan fingerprint density at radius 1 is 1.26 bits per heavy atom. The van der Waals surface area contributed by atoms with Gasteiger partial charge < -0.3 is 9.64 Å². The average Bonchev–Trinajstić information content (AvgIpc) is 3.45. The molecule has 188 valence electrons. The number of piperidine rings is 1. The molecule has 35 heavy (non-hydrogen) atoms. The zero-order chi connectivity index (χ0) is 25.1. The molecule has 4 heterocycles. The van der Waals surface area contributed by atoms with E-state index in [1.165, 1.54) is 11.8 Å². The summed E-state index contributed by atoms with van der Waals surface area (Å²) in [5.74, 6) is 1.34. The number of anilines is 1. The molecule has 7 nitrogen and oxygen atoms in total. The van der Waals surface area contributed by atoms with Crippen molar-refractivity contribution < 1.29 is 9.53 Å². The van der Waals surface area contributed by atoms with E-state index >= 15 is 0 Å². The molecule has 1 amide bonds. The molecule has 3 fully saturated rings. The third kappa shape index (κ3) is 5.35. The lowest BCUT2D eigenvalue weighted by molar-refractivity contribution is -0.123. The molecule has 3 aliphatic rings. The van der Waals surface area contributed by atoms with E-state index in [-0.39, 0.29) is 23.1 Å². The van der Waals surface area contributed by atoms with Gasteiger partial charge in [-0.25, -0.2) is 0 Å². The minimum atomic E-state index is -0.241. The van der Waals surface area contributed by atoms with Crippen molar-refractivity contribution in [1.82, 2.24) is 9.47 Å². The molecule has 1 aromatic heterocycles. The van der Waals surface area contributed by atoms with E-state index in [1.54, 1.807) is 9.47 Å². The third-order valence-electron chi connectivity index (χ3n) is 7.22. The van der Waals surface area contributed by atoms with Crippen LogP contribution in [-0.2, 0) is 16.1 Å². The summed E-state index contributed by atoms with van der Waals surface area (Å²) in [5.41, 5.74) is 1.32. The number of thioether (sulfide) groups is 1. The molecular formula is C26H34N4O3S2. The number of amides is 1. The van der Waals surface area contributed by atoms with Crippen LogP contribution in [-0.4, -0.2) is 52.0 Å². The highest BCUT2D eigenvalue weighted by atomic mass is 32.2. The first-order valence-electron chi connectivity index (χ1n) is 12.6. The summed E-state index contributed by atoms with van der Waals surface area (Å²) in [7, 11) is 0. The standard InChI is InChI=1S/C26H34N4O3S2/c1-4-5-10-29-23(28-11-8-17(2)9-12-28)20(18(3)21(15-27)24(29)31)14-22-25(32)30(26(34)35-22)16-19-7-6-13-33-19/h14,17,19H,4-13,16H2,1-3H3/b22-14+. The number of nitriles is 1. The zero-order valence-corrected chi connectivity index (χ0v) is 22.5. The number of unbranched alkanes of at least 4 members (excludes halogenated alkanes) is 1. The minimum absolute atomic E-state index is 0.0191. The lowest BCUT2D eigenvalue weighted by Crippen LogP contribution is -2.39. The molecule has 3 aliphatic heterocycles. The normalized spacial score (nSPS) is 22.5. The van der Waals surface area contributed by atoms with Crippen molar-refractivity contribution in [1.29, 1.82) is 5.26 Å². The van der Waals surface area contributed by atoms with Crippen LogP contribution in [0.4, 0.5) is 5.82 Å². The van der Waals surface area contributed by atoms with Gasteiger partial charge in [0.1, 0.15) is 21.8 Å². The van der Waals surface area contributed by atoms with Crippen LogP contribution in [0.1, 0.15) is 69.1 Å². The minimum Gasteiger partial charge on any atom is -0.376 e. The second-order valence-electron chi connectivity index (χ2n) is 9.76. The molecule has 3 saturated heterocycles. The van der Waals surface area contributed by atoms with Crippen molar-refractivity contribution in [3.63, 3.8) is 0 Å². The van der Waals surface area contributed by atoms with Gasteiger partial charge in [-0.05, 0) is 56.6 Å². The highest BCUT2D eigenvalue weighted by molar-refractivity contribution is 8.26. The van der Waals surface area contributed by atoms with E-state index in [0.29, 0.717) is 33.8 Å². The summed E-state index contributed by atoms with van der Waals surface area (Å²) >= 11 is 6.85. The SMILES string of the molecule is CCCCn1c(N2CCC(C)CC2)c(/C=C2/SC(=S)N(CC3CCCO3)C2=O)c(C)c(C#N)c1=O. The molecule has 0 spiro atoms. The summed E-state index contributed by atoms with van der Waals surface area (Å²) in [6.07, 6.45) is 7.69. The van der Waals surface area contributed by atoms with Gasteiger partial charge in [0.25, 0.3) is 11.5 Å². The highest BCUT2D eigenvalue weighted by Crippen LogP contribution is 2.37. The van der Waals surface area contributed by atoms with Crippen molar-refractivity contribution in [3.8, 4) is 6.07 Å². The molecule has 0 bridgehead atoms. The van der Waals surface area contributed by atoms with E-state index in [0.717, 1.165) is 69.6 Å². The number of ether oxygens (including phenoxy) is 1. The number of rotatable bonds is 7. The van der Waals surface area contributed by atoms with E-state index in [4.69, 9.17) is 17.0 Å². The first-order chi connectivity index (χ1) is 16.8. The van der Waals surface area contributed by atoms with Crippen LogP contribution in [0, 0.1) is 24.2 Å². The maximum atomic E-state index is 13.4. The van der Waals surface area contributed by atoms with Crippen molar-refractivity contribution in [2.75, 3.05) is 31.1 Å². The smallest absolute Gasteiger partial charge is 0.270 e. The number of thiocarbonyl (C=S) groups is 1. The summed E-state index contributed by atoms with van der Waals surface area (Å²) in [6, 6.07) is 2.13. The van der Waals surface area contributed by atoms with Crippen molar-refractivity contribution >= 4 is 46.1 Å². The summed E-state index contributed by atoms with van der Waals surface area (Å²) in [5, 5.41) is 9.85. The number of nitrogens with zero attached hydrogens (tertiary/aromatic N) is 4. The number of aromatic nitrogens is 1. The van der Waals surface area contributed by atoms with Gasteiger partial charge >= 0.3 is 0 Å². The Morgan fingerprint density at radius 2 is 2.00 bits per heavy atom. The Bertz CT molecular complexity index is 1120. The van der Waals surface area contributed by atoms with Gasteiger partial charge in [-0.15, -0.1) is 0 Å². The van der Waals surface area contributed by atoms with E-state index in [9.17, 15) is 14.9 Å². The predicted molar refractivity (Wildman–Crippen MR) is 145 cm³/mol. The Hall–Kier alpha value is -2.15. The van der Waals surface area contributed by atoms with E-state index in [1.807, 2.05) is 13.0 Å². The monoisotopic (exact) mass is 514 g/mol. The largest absolute Gasteiger partial charge is 0.376 e. The lowest BCUT2D eigenvalue weighted by Gasteiger charge is -2.35. The van der Waals surface area contributed by atoms with Gasteiger partial charge in [-0.3, -0.25) is 19.1 Å². The van der Waals surface area contributed by atoms with Crippen LogP contribution in [0.2, 0.25) is 0 Å². The van der Waals surface area contributed by atoms with Crippen LogP contribution in [0.3, 0.4) is 0 Å². The summed E-state index contributed by atoms with van der Waals surface area (Å²) in [6.45, 7) is 9.60. The van der Waals surface area contributed by atoms with Gasteiger partial charge in [0.15, 0.2) is 0 Å².